The van der Waals surface area contributed by atoms with Gasteiger partial charge in [0.05, 0.1) is 6.04 Å². The van der Waals surface area contributed by atoms with Gasteiger partial charge in [-0.25, -0.2) is 0 Å². The molecule has 1 aromatic rings. The SMILES string of the molecule is CC(C)[C@H](N)C(=O)c1[c]cccc1. The Hall–Kier alpha value is -1.15. The van der Waals surface area contributed by atoms with Crippen LogP contribution in [0.4, 0.5) is 0 Å². The highest BCUT2D eigenvalue weighted by Crippen LogP contribution is 2.07. The number of carbonyl (C=O) groups excluding carboxylic acids is 1. The van der Waals surface area contributed by atoms with Crippen molar-refractivity contribution in [2.45, 2.75) is 19.9 Å². The molecule has 2 heteroatoms. The summed E-state index contributed by atoms with van der Waals surface area (Å²) < 4.78 is 0. The van der Waals surface area contributed by atoms with Gasteiger partial charge >= 0.3 is 0 Å². The van der Waals surface area contributed by atoms with Crippen molar-refractivity contribution in [3.05, 3.63) is 35.9 Å². The maximum absolute atomic E-state index is 11.6. The summed E-state index contributed by atoms with van der Waals surface area (Å²) in [4.78, 5) is 11.6. The van der Waals surface area contributed by atoms with Crippen molar-refractivity contribution in [3.8, 4) is 0 Å². The van der Waals surface area contributed by atoms with Crippen molar-refractivity contribution < 1.29 is 4.79 Å². The van der Waals surface area contributed by atoms with E-state index in [1.54, 1.807) is 12.1 Å². The van der Waals surface area contributed by atoms with Crippen molar-refractivity contribution in [1.82, 2.24) is 0 Å². The van der Waals surface area contributed by atoms with Crippen LogP contribution in [0.1, 0.15) is 24.2 Å². The molecule has 0 bridgehead atoms. The van der Waals surface area contributed by atoms with E-state index in [1.165, 1.54) is 0 Å². The minimum absolute atomic E-state index is 0.0319. The van der Waals surface area contributed by atoms with Gasteiger partial charge in [0.15, 0.2) is 5.78 Å². The van der Waals surface area contributed by atoms with E-state index in [0.29, 0.717) is 5.56 Å². The molecule has 0 aromatic heterocycles. The van der Waals surface area contributed by atoms with Gasteiger partial charge in [-0.15, -0.1) is 0 Å². The fraction of sp³-hybridized carbons (Fsp3) is 0.364. The van der Waals surface area contributed by atoms with Crippen molar-refractivity contribution in [2.75, 3.05) is 0 Å². The lowest BCUT2D eigenvalue weighted by molar-refractivity contribution is 0.0940. The molecule has 2 N–H and O–H groups in total. The lowest BCUT2D eigenvalue weighted by Crippen LogP contribution is -2.35. The highest BCUT2D eigenvalue weighted by Gasteiger charge is 2.18. The minimum Gasteiger partial charge on any atom is -0.321 e. The summed E-state index contributed by atoms with van der Waals surface area (Å²) in [6.07, 6.45) is 0. The maximum atomic E-state index is 11.6. The van der Waals surface area contributed by atoms with Crippen LogP contribution < -0.4 is 5.73 Å². The van der Waals surface area contributed by atoms with E-state index in [2.05, 4.69) is 6.07 Å². The monoisotopic (exact) mass is 176 g/mol. The number of rotatable bonds is 3. The van der Waals surface area contributed by atoms with Crippen molar-refractivity contribution in [1.29, 1.82) is 0 Å². The second-order valence-corrected chi connectivity index (χ2v) is 3.41. The number of benzene rings is 1. The summed E-state index contributed by atoms with van der Waals surface area (Å²) in [6, 6.07) is 9.57. The Morgan fingerprint density at radius 1 is 1.46 bits per heavy atom. The predicted molar refractivity (Wildman–Crippen MR) is 52.4 cm³/mol. The fourth-order valence-corrected chi connectivity index (χ4v) is 1.03. The molecule has 0 aliphatic carbocycles. The van der Waals surface area contributed by atoms with Crippen LogP contribution in [-0.4, -0.2) is 11.8 Å². The van der Waals surface area contributed by atoms with Crippen molar-refractivity contribution in [2.24, 2.45) is 11.7 Å². The molecule has 0 spiro atoms. The number of ketones is 1. The third-order valence-electron chi connectivity index (χ3n) is 2.00. The van der Waals surface area contributed by atoms with Crippen molar-refractivity contribution in [3.63, 3.8) is 0 Å². The number of Topliss-reactive ketones (excluding diaryl/α,β-unsaturated/α-hetero) is 1. The minimum atomic E-state index is -0.418. The van der Waals surface area contributed by atoms with Crippen LogP contribution >= 0.6 is 0 Å². The molecule has 0 fully saturated rings. The Labute approximate surface area is 78.8 Å². The Kier molecular flexibility index (Phi) is 3.20. The smallest absolute Gasteiger partial charge is 0.180 e. The standard InChI is InChI=1S/C11H14NO/c1-8(2)10(12)11(13)9-6-4-3-5-7-9/h3-6,8,10H,12H2,1-2H3/t10-/m0/s1. The van der Waals surface area contributed by atoms with Crippen LogP contribution in [0.15, 0.2) is 24.3 Å². The van der Waals surface area contributed by atoms with Gasteiger partial charge < -0.3 is 5.73 Å². The van der Waals surface area contributed by atoms with Crippen LogP contribution in [0.2, 0.25) is 0 Å². The molecule has 1 aromatic carbocycles. The van der Waals surface area contributed by atoms with E-state index in [4.69, 9.17) is 5.73 Å². The van der Waals surface area contributed by atoms with Crippen LogP contribution in [0.25, 0.3) is 0 Å². The molecule has 0 heterocycles. The van der Waals surface area contributed by atoms with Gasteiger partial charge in [0, 0.05) is 5.56 Å². The third-order valence-corrected chi connectivity index (χ3v) is 2.00. The largest absolute Gasteiger partial charge is 0.321 e. The molecule has 0 amide bonds. The number of nitrogens with two attached hydrogens (primary N) is 1. The number of hydrogen-bond acceptors (Lipinski definition) is 2. The molecule has 1 radical (unpaired) electrons. The summed E-state index contributed by atoms with van der Waals surface area (Å²) in [6.45, 7) is 3.87. The van der Waals surface area contributed by atoms with Crippen LogP contribution in [0.5, 0.6) is 0 Å². The first-order chi connectivity index (χ1) is 6.13. The molecule has 13 heavy (non-hydrogen) atoms. The molecule has 2 nitrogen and oxygen atoms in total. The van der Waals surface area contributed by atoms with E-state index < -0.39 is 6.04 Å². The van der Waals surface area contributed by atoms with E-state index >= 15 is 0 Å². The van der Waals surface area contributed by atoms with Gasteiger partial charge in [-0.1, -0.05) is 38.1 Å². The average molecular weight is 176 g/mol. The zero-order valence-corrected chi connectivity index (χ0v) is 7.95. The topological polar surface area (TPSA) is 43.1 Å². The third kappa shape index (κ3) is 2.39. The molecule has 0 aliphatic rings. The molecule has 0 saturated carbocycles. The second kappa shape index (κ2) is 4.19. The van der Waals surface area contributed by atoms with E-state index in [1.807, 2.05) is 26.0 Å². The predicted octanol–water partition coefficient (Wildman–Crippen LogP) is 1.65. The van der Waals surface area contributed by atoms with Crippen LogP contribution in [0, 0.1) is 12.0 Å². The van der Waals surface area contributed by atoms with Gasteiger partial charge in [-0.3, -0.25) is 4.79 Å². The zero-order valence-electron chi connectivity index (χ0n) is 7.95. The van der Waals surface area contributed by atoms with Gasteiger partial charge in [0.1, 0.15) is 0 Å². The Morgan fingerprint density at radius 3 is 2.62 bits per heavy atom. The van der Waals surface area contributed by atoms with Crippen molar-refractivity contribution >= 4 is 5.78 Å². The highest BCUT2D eigenvalue weighted by molar-refractivity contribution is 5.99. The lowest BCUT2D eigenvalue weighted by atomic mass is 9.96. The van der Waals surface area contributed by atoms with E-state index in [0.717, 1.165) is 0 Å². The summed E-state index contributed by atoms with van der Waals surface area (Å²) >= 11 is 0. The van der Waals surface area contributed by atoms with E-state index in [9.17, 15) is 4.79 Å². The molecule has 0 unspecified atom stereocenters. The molecule has 1 rings (SSSR count). The lowest BCUT2D eigenvalue weighted by Gasteiger charge is -2.13. The zero-order chi connectivity index (χ0) is 9.84. The van der Waals surface area contributed by atoms with Crippen LogP contribution in [0.3, 0.4) is 0 Å². The highest BCUT2D eigenvalue weighted by atomic mass is 16.1. The molecular weight excluding hydrogens is 162 g/mol. The summed E-state index contributed by atoms with van der Waals surface area (Å²) in [5.41, 5.74) is 6.30. The first-order valence-electron chi connectivity index (χ1n) is 4.39. The Morgan fingerprint density at radius 2 is 2.15 bits per heavy atom. The quantitative estimate of drug-likeness (QED) is 0.712. The van der Waals surface area contributed by atoms with Gasteiger partial charge in [0.25, 0.3) is 0 Å². The fourth-order valence-electron chi connectivity index (χ4n) is 1.03. The number of carbonyl (C=O) groups is 1. The molecule has 0 saturated heterocycles. The second-order valence-electron chi connectivity index (χ2n) is 3.41. The summed E-state index contributed by atoms with van der Waals surface area (Å²) in [5, 5.41) is 0. The first kappa shape index (κ1) is 9.93. The molecular formula is C11H14NO. The molecule has 0 aliphatic heterocycles. The maximum Gasteiger partial charge on any atom is 0.180 e. The van der Waals surface area contributed by atoms with Crippen LogP contribution in [-0.2, 0) is 0 Å². The Balaban J connectivity index is 2.80. The molecule has 1 atom stereocenters. The summed E-state index contributed by atoms with van der Waals surface area (Å²) in [7, 11) is 0. The normalized spacial score (nSPS) is 12.9. The van der Waals surface area contributed by atoms with E-state index in [-0.39, 0.29) is 11.7 Å². The number of hydrogen-bond donors (Lipinski definition) is 1. The molecule has 69 valence electrons. The van der Waals surface area contributed by atoms with Gasteiger partial charge in [-0.05, 0) is 12.0 Å². The average Bonchev–Trinajstić information content (AvgIpc) is 2.17. The summed E-state index contributed by atoms with van der Waals surface area (Å²) in [5.74, 6) is 0.136. The van der Waals surface area contributed by atoms with Gasteiger partial charge in [-0.2, -0.15) is 0 Å². The first-order valence-corrected chi connectivity index (χ1v) is 4.39. The van der Waals surface area contributed by atoms with Gasteiger partial charge in [0.2, 0.25) is 0 Å². The Bertz CT molecular complexity index is 279.